The number of imide groups is 1. The lowest BCUT2D eigenvalue weighted by Gasteiger charge is -2.39. The minimum atomic E-state index is -1.07. The topological polar surface area (TPSA) is 97.0 Å². The van der Waals surface area contributed by atoms with Crippen LogP contribution < -0.4 is 15.4 Å². The van der Waals surface area contributed by atoms with Gasteiger partial charge in [-0.15, -0.1) is 0 Å². The molecule has 0 aliphatic carbocycles. The molecule has 186 valence electrons. The Bertz CT molecular complexity index is 1100. The average molecular weight is 488 g/mol. The zero-order chi connectivity index (χ0) is 25.0. The molecule has 2 N–H and O–H groups in total. The number of hydrogen-bond acceptors (Lipinski definition) is 5. The normalized spacial score (nSPS) is 19.4. The molecule has 0 saturated carbocycles. The maximum atomic E-state index is 13.3. The molecular formula is C25H27F2N3O5. The van der Waals surface area contributed by atoms with Crippen LogP contribution in [0.3, 0.4) is 0 Å². The molecule has 8 nitrogen and oxygen atoms in total. The van der Waals surface area contributed by atoms with Crippen LogP contribution in [0, 0.1) is 11.6 Å². The molecule has 0 spiro atoms. The number of halogens is 2. The number of ether oxygens (including phenoxy) is 2. The highest BCUT2D eigenvalue weighted by Gasteiger charge is 2.44. The third-order valence-corrected chi connectivity index (χ3v) is 6.58. The molecule has 2 saturated heterocycles. The van der Waals surface area contributed by atoms with Crippen molar-refractivity contribution in [1.29, 1.82) is 0 Å². The van der Waals surface area contributed by atoms with E-state index in [1.54, 1.807) is 7.11 Å². The van der Waals surface area contributed by atoms with Gasteiger partial charge in [0.05, 0.1) is 7.11 Å². The first-order valence-corrected chi connectivity index (χ1v) is 11.4. The molecule has 2 fully saturated rings. The Hall–Kier alpha value is -3.53. The van der Waals surface area contributed by atoms with Crippen LogP contribution in [0.25, 0.3) is 0 Å². The van der Waals surface area contributed by atoms with Gasteiger partial charge >= 0.3 is 6.03 Å². The zero-order valence-corrected chi connectivity index (χ0v) is 19.3. The fourth-order valence-electron chi connectivity index (χ4n) is 4.54. The summed E-state index contributed by atoms with van der Waals surface area (Å²) in [4.78, 5) is 39.3. The van der Waals surface area contributed by atoms with Crippen molar-refractivity contribution < 1.29 is 32.6 Å². The van der Waals surface area contributed by atoms with E-state index >= 15 is 0 Å². The van der Waals surface area contributed by atoms with E-state index in [0.717, 1.165) is 17.7 Å². The van der Waals surface area contributed by atoms with Gasteiger partial charge in [0, 0.05) is 43.3 Å². The van der Waals surface area contributed by atoms with Crippen LogP contribution in [0.1, 0.15) is 31.2 Å². The van der Waals surface area contributed by atoms with E-state index in [2.05, 4.69) is 10.6 Å². The summed E-state index contributed by atoms with van der Waals surface area (Å²) in [5.41, 5.74) is 0.658. The van der Waals surface area contributed by atoms with Crippen LogP contribution in [0.2, 0.25) is 0 Å². The Labute approximate surface area is 201 Å². The van der Waals surface area contributed by atoms with Gasteiger partial charge in [-0.25, -0.2) is 13.6 Å². The van der Waals surface area contributed by atoms with Gasteiger partial charge in [0.2, 0.25) is 5.91 Å². The summed E-state index contributed by atoms with van der Waals surface area (Å²) in [5.74, 6) is -2.24. The molecule has 4 amide bonds. The number of rotatable bonds is 8. The number of carbonyl (C=O) groups is 3. The van der Waals surface area contributed by atoms with Gasteiger partial charge in [-0.05, 0) is 49.1 Å². The Morgan fingerprint density at radius 3 is 2.51 bits per heavy atom. The number of hydrogen-bond donors (Lipinski definition) is 2. The number of benzene rings is 2. The van der Waals surface area contributed by atoms with Crippen molar-refractivity contribution >= 4 is 23.5 Å². The number of methoxy groups -OCH3 is 1. The van der Waals surface area contributed by atoms with Crippen LogP contribution in [0.15, 0.2) is 42.5 Å². The number of amides is 4. The zero-order valence-electron chi connectivity index (χ0n) is 19.3. The summed E-state index contributed by atoms with van der Waals surface area (Å²) in [6.07, 6.45) is 1.30. The second-order valence-electron chi connectivity index (χ2n) is 8.76. The van der Waals surface area contributed by atoms with Gasteiger partial charge in [-0.2, -0.15) is 0 Å². The van der Waals surface area contributed by atoms with Crippen LogP contribution in [0.5, 0.6) is 5.75 Å². The smallest absolute Gasteiger partial charge is 0.324 e. The van der Waals surface area contributed by atoms with Gasteiger partial charge < -0.3 is 20.1 Å². The lowest BCUT2D eigenvalue weighted by atomic mass is 9.73. The molecular weight excluding hydrogens is 460 g/mol. The molecule has 2 aliphatic rings. The number of carbonyl (C=O) groups excluding carboxylic acids is 3. The first kappa shape index (κ1) is 24.6. The standard InChI is InChI=1S/C25H27F2N3O5/c1-34-18-5-2-16(3-6-18)25(10-12-35-13-11-25)15-30-23(32)21(29-24(30)33)8-9-22(31)28-17-4-7-19(26)20(27)14-17/h2-7,14,21H,8-13,15H2,1H3,(H,28,31)(H,29,33). The van der Waals surface area contributed by atoms with Crippen LogP contribution in [-0.2, 0) is 19.7 Å². The summed E-state index contributed by atoms with van der Waals surface area (Å²) >= 11 is 0. The average Bonchev–Trinajstić information content (AvgIpc) is 3.13. The molecule has 35 heavy (non-hydrogen) atoms. The summed E-state index contributed by atoms with van der Waals surface area (Å²) in [7, 11) is 1.59. The van der Waals surface area contributed by atoms with Crippen molar-refractivity contribution in [2.45, 2.75) is 37.1 Å². The molecule has 2 aromatic carbocycles. The molecule has 2 aromatic rings. The fraction of sp³-hybridized carbons (Fsp3) is 0.400. The van der Waals surface area contributed by atoms with Crippen molar-refractivity contribution in [3.8, 4) is 5.75 Å². The largest absolute Gasteiger partial charge is 0.497 e. The molecule has 1 unspecified atom stereocenters. The van der Waals surface area contributed by atoms with E-state index in [-0.39, 0.29) is 25.1 Å². The maximum Gasteiger partial charge on any atom is 0.324 e. The van der Waals surface area contributed by atoms with Gasteiger partial charge in [0.25, 0.3) is 5.91 Å². The van der Waals surface area contributed by atoms with Gasteiger partial charge in [0.15, 0.2) is 11.6 Å². The molecule has 2 aliphatic heterocycles. The Balaban J connectivity index is 1.40. The van der Waals surface area contributed by atoms with Crippen LogP contribution >= 0.6 is 0 Å². The number of nitrogens with one attached hydrogen (secondary N) is 2. The summed E-state index contributed by atoms with van der Waals surface area (Å²) in [6, 6.07) is 9.30. The van der Waals surface area contributed by atoms with E-state index in [1.807, 2.05) is 24.3 Å². The van der Waals surface area contributed by atoms with Crippen molar-refractivity contribution in [2.75, 3.05) is 32.2 Å². The number of urea groups is 1. The van der Waals surface area contributed by atoms with Crippen molar-refractivity contribution in [1.82, 2.24) is 10.2 Å². The lowest BCUT2D eigenvalue weighted by Crippen LogP contribution is -2.47. The van der Waals surface area contributed by atoms with Crippen LogP contribution in [0.4, 0.5) is 19.3 Å². The number of anilines is 1. The van der Waals surface area contributed by atoms with Crippen LogP contribution in [-0.4, -0.2) is 55.7 Å². The summed E-state index contributed by atoms with van der Waals surface area (Å²) in [6.45, 7) is 1.23. The summed E-state index contributed by atoms with van der Waals surface area (Å²) in [5, 5.41) is 5.13. The van der Waals surface area contributed by atoms with Gasteiger partial charge in [-0.1, -0.05) is 12.1 Å². The van der Waals surface area contributed by atoms with Crippen molar-refractivity contribution in [3.05, 3.63) is 59.7 Å². The van der Waals surface area contributed by atoms with E-state index in [4.69, 9.17) is 9.47 Å². The highest BCUT2D eigenvalue weighted by molar-refractivity contribution is 6.04. The second kappa shape index (κ2) is 10.4. The quantitative estimate of drug-likeness (QED) is 0.557. The van der Waals surface area contributed by atoms with E-state index in [9.17, 15) is 23.2 Å². The highest BCUT2D eigenvalue weighted by atomic mass is 19.2. The van der Waals surface area contributed by atoms with Crippen molar-refractivity contribution in [3.63, 3.8) is 0 Å². The molecule has 2 heterocycles. The monoisotopic (exact) mass is 487 g/mol. The molecule has 1 atom stereocenters. The molecule has 0 bridgehead atoms. The van der Waals surface area contributed by atoms with E-state index in [0.29, 0.717) is 31.8 Å². The summed E-state index contributed by atoms with van der Waals surface area (Å²) < 4.78 is 37.2. The van der Waals surface area contributed by atoms with E-state index < -0.39 is 40.9 Å². The molecule has 0 radical (unpaired) electrons. The van der Waals surface area contributed by atoms with Gasteiger partial charge in [-0.3, -0.25) is 14.5 Å². The number of nitrogens with zero attached hydrogens (tertiary/aromatic N) is 1. The first-order valence-electron chi connectivity index (χ1n) is 11.4. The molecule has 10 heteroatoms. The minimum Gasteiger partial charge on any atom is -0.497 e. The third kappa shape index (κ3) is 5.43. The Kier molecular flexibility index (Phi) is 7.30. The lowest BCUT2D eigenvalue weighted by molar-refractivity contribution is -0.128. The fourth-order valence-corrected chi connectivity index (χ4v) is 4.54. The predicted octanol–water partition coefficient (Wildman–Crippen LogP) is 3.36. The second-order valence-corrected chi connectivity index (χ2v) is 8.76. The molecule has 0 aromatic heterocycles. The molecule has 4 rings (SSSR count). The highest BCUT2D eigenvalue weighted by Crippen LogP contribution is 2.37. The Morgan fingerprint density at radius 2 is 1.86 bits per heavy atom. The van der Waals surface area contributed by atoms with Crippen molar-refractivity contribution in [2.24, 2.45) is 0 Å². The Morgan fingerprint density at radius 1 is 1.14 bits per heavy atom. The third-order valence-electron chi connectivity index (χ3n) is 6.58. The SMILES string of the molecule is COc1ccc(C2(CN3C(=O)NC(CCC(=O)Nc4ccc(F)c(F)c4)C3=O)CCOCC2)cc1. The van der Waals surface area contributed by atoms with E-state index in [1.165, 1.54) is 11.0 Å². The minimum absolute atomic E-state index is 0.0786. The maximum absolute atomic E-state index is 13.3. The predicted molar refractivity (Wildman–Crippen MR) is 123 cm³/mol. The van der Waals surface area contributed by atoms with Gasteiger partial charge in [0.1, 0.15) is 11.8 Å². The first-order chi connectivity index (χ1) is 16.8.